The number of halogens is 2. The Morgan fingerprint density at radius 2 is 2.04 bits per heavy atom. The first-order valence-electron chi connectivity index (χ1n) is 8.08. The van der Waals surface area contributed by atoms with Crippen molar-refractivity contribution >= 4 is 17.5 Å². The molecule has 7 heteroatoms. The molecule has 132 valence electrons. The van der Waals surface area contributed by atoms with Crippen LogP contribution in [0.2, 0.25) is 5.02 Å². The van der Waals surface area contributed by atoms with Gasteiger partial charge >= 0.3 is 0 Å². The standard InChI is InChI=1S/C17H21ClFNO4/c18-12-1-2-14(19)13(9-12)15(22)20-6-3-17(4-7-20)10-16(23,11-21)5-8-24-17/h1-2,9,21,23H,3-8,10-11H2. The first kappa shape index (κ1) is 17.6. The highest BCUT2D eigenvalue weighted by atomic mass is 35.5. The summed E-state index contributed by atoms with van der Waals surface area (Å²) < 4.78 is 19.8. The van der Waals surface area contributed by atoms with E-state index in [0.29, 0.717) is 50.4 Å². The monoisotopic (exact) mass is 357 g/mol. The van der Waals surface area contributed by atoms with Gasteiger partial charge in [0, 0.05) is 31.0 Å². The Labute approximate surface area is 145 Å². The molecule has 1 aromatic rings. The third-order valence-corrected chi connectivity index (χ3v) is 5.28. The Morgan fingerprint density at radius 1 is 1.33 bits per heavy atom. The number of aliphatic hydroxyl groups excluding tert-OH is 1. The van der Waals surface area contributed by atoms with Crippen molar-refractivity contribution in [1.29, 1.82) is 0 Å². The van der Waals surface area contributed by atoms with Gasteiger partial charge in [0.25, 0.3) is 5.91 Å². The summed E-state index contributed by atoms with van der Waals surface area (Å²) >= 11 is 5.85. The zero-order valence-corrected chi connectivity index (χ0v) is 14.1. The van der Waals surface area contributed by atoms with Crippen LogP contribution in [0.15, 0.2) is 18.2 Å². The molecule has 2 N–H and O–H groups in total. The van der Waals surface area contributed by atoms with Crippen LogP contribution in [0.3, 0.4) is 0 Å². The number of likely N-dealkylation sites (tertiary alicyclic amines) is 1. The van der Waals surface area contributed by atoms with Crippen molar-refractivity contribution in [3.05, 3.63) is 34.6 Å². The van der Waals surface area contributed by atoms with Gasteiger partial charge in [0.2, 0.25) is 0 Å². The van der Waals surface area contributed by atoms with Crippen molar-refractivity contribution in [2.24, 2.45) is 0 Å². The fourth-order valence-corrected chi connectivity index (χ4v) is 3.77. The third kappa shape index (κ3) is 3.42. The van der Waals surface area contributed by atoms with Crippen molar-refractivity contribution < 1.29 is 24.1 Å². The first-order chi connectivity index (χ1) is 11.4. The molecule has 1 unspecified atom stereocenters. The lowest BCUT2D eigenvalue weighted by Crippen LogP contribution is -2.56. The van der Waals surface area contributed by atoms with E-state index < -0.39 is 22.9 Å². The average Bonchev–Trinajstić information content (AvgIpc) is 2.57. The summed E-state index contributed by atoms with van der Waals surface area (Å²) in [5.41, 5.74) is -1.68. The van der Waals surface area contributed by atoms with Gasteiger partial charge in [0.15, 0.2) is 0 Å². The highest BCUT2D eigenvalue weighted by Gasteiger charge is 2.46. The minimum absolute atomic E-state index is 0.0325. The van der Waals surface area contributed by atoms with Crippen LogP contribution in [-0.2, 0) is 4.74 Å². The van der Waals surface area contributed by atoms with Crippen LogP contribution < -0.4 is 0 Å². The third-order valence-electron chi connectivity index (χ3n) is 5.04. The summed E-state index contributed by atoms with van der Waals surface area (Å²) in [6.45, 7) is 0.904. The van der Waals surface area contributed by atoms with Gasteiger partial charge in [0.1, 0.15) is 5.82 Å². The van der Waals surface area contributed by atoms with E-state index in [1.54, 1.807) is 4.90 Å². The van der Waals surface area contributed by atoms with Gasteiger partial charge in [-0.15, -0.1) is 0 Å². The number of aliphatic hydroxyl groups is 2. The maximum Gasteiger partial charge on any atom is 0.256 e. The van der Waals surface area contributed by atoms with E-state index in [0.717, 1.165) is 0 Å². The molecule has 5 nitrogen and oxygen atoms in total. The molecule has 2 aliphatic heterocycles. The van der Waals surface area contributed by atoms with Crippen LogP contribution in [0.4, 0.5) is 4.39 Å². The number of amides is 1. The molecule has 2 fully saturated rings. The fraction of sp³-hybridized carbons (Fsp3) is 0.588. The molecule has 0 radical (unpaired) electrons. The van der Waals surface area contributed by atoms with Gasteiger partial charge < -0.3 is 19.8 Å². The molecule has 0 bridgehead atoms. The van der Waals surface area contributed by atoms with Crippen LogP contribution in [0.5, 0.6) is 0 Å². The summed E-state index contributed by atoms with van der Waals surface area (Å²) in [6.07, 6.45) is 1.85. The molecule has 1 amide bonds. The number of carbonyl (C=O) groups is 1. The van der Waals surface area contributed by atoms with Crippen LogP contribution in [-0.4, -0.2) is 58.5 Å². The quantitative estimate of drug-likeness (QED) is 0.849. The minimum atomic E-state index is -1.12. The predicted octanol–water partition coefficient (Wildman–Crippen LogP) is 1.99. The molecule has 2 saturated heterocycles. The Morgan fingerprint density at radius 3 is 2.71 bits per heavy atom. The maximum absolute atomic E-state index is 13.9. The Kier molecular flexibility index (Phi) is 4.84. The van der Waals surface area contributed by atoms with Crippen LogP contribution >= 0.6 is 11.6 Å². The lowest BCUT2D eigenvalue weighted by atomic mass is 9.77. The number of benzene rings is 1. The summed E-state index contributed by atoms with van der Waals surface area (Å²) in [4.78, 5) is 14.1. The highest BCUT2D eigenvalue weighted by Crippen LogP contribution is 2.39. The molecule has 1 atom stereocenters. The number of nitrogens with zero attached hydrogens (tertiary/aromatic N) is 1. The van der Waals surface area contributed by atoms with Gasteiger partial charge in [-0.3, -0.25) is 4.79 Å². The second kappa shape index (κ2) is 6.59. The Hall–Kier alpha value is -1.21. The maximum atomic E-state index is 13.9. The van der Waals surface area contributed by atoms with Crippen LogP contribution in [0.25, 0.3) is 0 Å². The molecule has 1 spiro atoms. The predicted molar refractivity (Wildman–Crippen MR) is 86.5 cm³/mol. The number of hydrogen-bond acceptors (Lipinski definition) is 4. The minimum Gasteiger partial charge on any atom is -0.393 e. The summed E-state index contributed by atoms with van der Waals surface area (Å²) in [6, 6.07) is 3.93. The van der Waals surface area contributed by atoms with E-state index >= 15 is 0 Å². The first-order valence-corrected chi connectivity index (χ1v) is 8.46. The number of ether oxygens (including phenoxy) is 1. The van der Waals surface area contributed by atoms with E-state index in [1.165, 1.54) is 18.2 Å². The average molecular weight is 358 g/mol. The van der Waals surface area contributed by atoms with E-state index in [2.05, 4.69) is 0 Å². The van der Waals surface area contributed by atoms with Crippen LogP contribution in [0.1, 0.15) is 36.0 Å². The number of hydrogen-bond donors (Lipinski definition) is 2. The lowest BCUT2D eigenvalue weighted by Gasteiger charge is -2.48. The largest absolute Gasteiger partial charge is 0.393 e. The van der Waals surface area contributed by atoms with Gasteiger partial charge in [0.05, 0.1) is 30.0 Å². The molecule has 2 aliphatic rings. The molecule has 0 saturated carbocycles. The van der Waals surface area contributed by atoms with E-state index in [1.807, 2.05) is 0 Å². The van der Waals surface area contributed by atoms with Gasteiger partial charge in [-0.25, -0.2) is 4.39 Å². The van der Waals surface area contributed by atoms with E-state index in [9.17, 15) is 19.4 Å². The zero-order chi connectivity index (χ0) is 17.4. The van der Waals surface area contributed by atoms with E-state index in [4.69, 9.17) is 16.3 Å². The molecule has 0 aromatic heterocycles. The summed E-state index contributed by atoms with van der Waals surface area (Å²) in [5, 5.41) is 20.0. The van der Waals surface area contributed by atoms with Crippen molar-refractivity contribution in [2.75, 3.05) is 26.3 Å². The Bertz CT molecular complexity index is 633. The van der Waals surface area contributed by atoms with Crippen LogP contribution in [0, 0.1) is 5.82 Å². The molecular formula is C17H21ClFNO4. The summed E-state index contributed by atoms with van der Waals surface area (Å²) in [7, 11) is 0. The normalized spacial score (nSPS) is 26.6. The van der Waals surface area contributed by atoms with Crippen molar-refractivity contribution in [3.8, 4) is 0 Å². The number of carbonyl (C=O) groups excluding carboxylic acids is 1. The SMILES string of the molecule is O=C(c1cc(Cl)ccc1F)N1CCC2(CC1)CC(O)(CO)CCO2. The summed E-state index contributed by atoms with van der Waals surface area (Å²) in [5.74, 6) is -0.980. The molecule has 0 aliphatic carbocycles. The fourth-order valence-electron chi connectivity index (χ4n) is 3.60. The second-order valence-electron chi connectivity index (χ2n) is 6.76. The lowest BCUT2D eigenvalue weighted by molar-refractivity contribution is -0.186. The van der Waals surface area contributed by atoms with Gasteiger partial charge in [-0.05, 0) is 31.0 Å². The highest BCUT2D eigenvalue weighted by molar-refractivity contribution is 6.31. The second-order valence-corrected chi connectivity index (χ2v) is 7.19. The Balaban J connectivity index is 1.69. The van der Waals surface area contributed by atoms with Gasteiger partial charge in [-0.1, -0.05) is 11.6 Å². The van der Waals surface area contributed by atoms with Gasteiger partial charge in [-0.2, -0.15) is 0 Å². The van der Waals surface area contributed by atoms with Crippen molar-refractivity contribution in [3.63, 3.8) is 0 Å². The molecule has 3 rings (SSSR count). The van der Waals surface area contributed by atoms with Crippen molar-refractivity contribution in [2.45, 2.75) is 36.9 Å². The van der Waals surface area contributed by atoms with E-state index in [-0.39, 0.29) is 12.2 Å². The number of rotatable bonds is 2. The molecule has 1 aromatic carbocycles. The molecule has 2 heterocycles. The molecular weight excluding hydrogens is 337 g/mol. The number of piperidine rings is 1. The molecule has 24 heavy (non-hydrogen) atoms. The van der Waals surface area contributed by atoms with Crippen molar-refractivity contribution in [1.82, 2.24) is 4.90 Å². The zero-order valence-electron chi connectivity index (χ0n) is 13.3. The topological polar surface area (TPSA) is 70.0 Å². The smallest absolute Gasteiger partial charge is 0.256 e.